The van der Waals surface area contributed by atoms with Crippen molar-refractivity contribution in [3.8, 4) is 6.07 Å². The normalized spacial score (nSPS) is 11.1. The first-order valence-corrected chi connectivity index (χ1v) is 6.93. The fourth-order valence-corrected chi connectivity index (χ4v) is 1.64. The molecule has 20 heavy (non-hydrogen) atoms. The highest BCUT2D eigenvalue weighted by Crippen LogP contribution is 2.17. The van der Waals surface area contributed by atoms with Crippen LogP contribution >= 0.6 is 11.6 Å². The van der Waals surface area contributed by atoms with Gasteiger partial charge in [0.05, 0.1) is 0 Å². The SMILES string of the molecule is CC(C)c1ccc(NC(=O)/C(C#N)=C\NCCCl)cc1. The third-order valence-electron chi connectivity index (χ3n) is 2.69. The van der Waals surface area contributed by atoms with E-state index >= 15 is 0 Å². The molecule has 0 aliphatic carbocycles. The number of halogens is 1. The van der Waals surface area contributed by atoms with E-state index in [2.05, 4.69) is 24.5 Å². The zero-order valence-corrected chi connectivity index (χ0v) is 12.4. The maximum Gasteiger partial charge on any atom is 0.267 e. The van der Waals surface area contributed by atoms with E-state index in [1.807, 2.05) is 30.3 Å². The lowest BCUT2D eigenvalue weighted by Gasteiger charge is -2.08. The van der Waals surface area contributed by atoms with Gasteiger partial charge in [-0.25, -0.2) is 0 Å². The highest BCUT2D eigenvalue weighted by molar-refractivity contribution is 6.18. The number of nitriles is 1. The minimum Gasteiger partial charge on any atom is -0.388 e. The Morgan fingerprint density at radius 1 is 1.40 bits per heavy atom. The molecule has 0 fully saturated rings. The number of carbonyl (C=O) groups excluding carboxylic acids is 1. The molecule has 0 spiro atoms. The Kier molecular flexibility index (Phi) is 6.61. The third-order valence-corrected chi connectivity index (χ3v) is 2.87. The lowest BCUT2D eigenvalue weighted by molar-refractivity contribution is -0.112. The first kappa shape index (κ1) is 16.1. The van der Waals surface area contributed by atoms with Crippen LogP contribution < -0.4 is 10.6 Å². The number of rotatable bonds is 6. The summed E-state index contributed by atoms with van der Waals surface area (Å²) in [5, 5.41) is 14.4. The van der Waals surface area contributed by atoms with Crippen LogP contribution in [0, 0.1) is 11.3 Å². The molecule has 0 aliphatic heterocycles. The summed E-state index contributed by atoms with van der Waals surface area (Å²) in [7, 11) is 0. The van der Waals surface area contributed by atoms with Gasteiger partial charge in [0.1, 0.15) is 11.6 Å². The van der Waals surface area contributed by atoms with Crippen LogP contribution in [0.25, 0.3) is 0 Å². The summed E-state index contributed by atoms with van der Waals surface area (Å²) in [5.74, 6) is 0.411. The smallest absolute Gasteiger partial charge is 0.267 e. The van der Waals surface area contributed by atoms with Gasteiger partial charge in [-0.1, -0.05) is 26.0 Å². The Bertz CT molecular complexity index is 515. The second-order valence-electron chi connectivity index (χ2n) is 4.54. The first-order chi connectivity index (χ1) is 9.58. The molecule has 1 rings (SSSR count). The van der Waals surface area contributed by atoms with Gasteiger partial charge in [0.15, 0.2) is 0 Å². The van der Waals surface area contributed by atoms with Crippen LogP contribution in [0.5, 0.6) is 0 Å². The Morgan fingerprint density at radius 2 is 2.05 bits per heavy atom. The van der Waals surface area contributed by atoms with E-state index in [1.165, 1.54) is 11.8 Å². The molecule has 4 nitrogen and oxygen atoms in total. The van der Waals surface area contributed by atoms with Crippen LogP contribution in [-0.2, 0) is 4.79 Å². The topological polar surface area (TPSA) is 64.9 Å². The zero-order chi connectivity index (χ0) is 15.0. The predicted molar refractivity (Wildman–Crippen MR) is 81.6 cm³/mol. The van der Waals surface area contributed by atoms with E-state index in [-0.39, 0.29) is 5.57 Å². The quantitative estimate of drug-likeness (QED) is 0.366. The lowest BCUT2D eigenvalue weighted by Crippen LogP contribution is -2.17. The summed E-state index contributed by atoms with van der Waals surface area (Å²) in [6.45, 7) is 4.71. The number of nitrogens with zero attached hydrogens (tertiary/aromatic N) is 1. The second-order valence-corrected chi connectivity index (χ2v) is 4.92. The summed E-state index contributed by atoms with van der Waals surface area (Å²) < 4.78 is 0. The molecule has 0 saturated carbocycles. The summed E-state index contributed by atoms with van der Waals surface area (Å²) in [6.07, 6.45) is 1.38. The van der Waals surface area contributed by atoms with Crippen LogP contribution in [0.1, 0.15) is 25.3 Å². The van der Waals surface area contributed by atoms with Crippen molar-refractivity contribution in [2.75, 3.05) is 17.7 Å². The van der Waals surface area contributed by atoms with Crippen molar-refractivity contribution < 1.29 is 4.79 Å². The lowest BCUT2D eigenvalue weighted by atomic mass is 10.0. The van der Waals surface area contributed by atoms with Crippen molar-refractivity contribution in [3.63, 3.8) is 0 Å². The number of hydrogen-bond donors (Lipinski definition) is 2. The minimum absolute atomic E-state index is 0.0167. The molecule has 5 heteroatoms. The maximum absolute atomic E-state index is 11.9. The third kappa shape index (κ3) is 4.94. The van der Waals surface area contributed by atoms with Gasteiger partial charge in [0.25, 0.3) is 5.91 Å². The monoisotopic (exact) mass is 291 g/mol. The van der Waals surface area contributed by atoms with E-state index in [4.69, 9.17) is 16.9 Å². The highest BCUT2D eigenvalue weighted by Gasteiger charge is 2.09. The zero-order valence-electron chi connectivity index (χ0n) is 11.6. The Labute approximate surface area is 124 Å². The molecule has 106 valence electrons. The van der Waals surface area contributed by atoms with Crippen LogP contribution in [-0.4, -0.2) is 18.3 Å². The van der Waals surface area contributed by atoms with Crippen LogP contribution in [0.4, 0.5) is 5.69 Å². The average Bonchev–Trinajstić information content (AvgIpc) is 2.44. The number of nitrogens with one attached hydrogen (secondary N) is 2. The maximum atomic E-state index is 11.9. The molecule has 1 amide bonds. The summed E-state index contributed by atoms with van der Waals surface area (Å²) in [5.41, 5.74) is 1.88. The number of anilines is 1. The van der Waals surface area contributed by atoms with Crippen molar-refractivity contribution >= 4 is 23.2 Å². The van der Waals surface area contributed by atoms with Crippen molar-refractivity contribution in [1.29, 1.82) is 5.26 Å². The fraction of sp³-hybridized carbons (Fsp3) is 0.333. The van der Waals surface area contributed by atoms with Crippen LogP contribution in [0.2, 0.25) is 0 Å². The molecule has 0 saturated heterocycles. The molecule has 0 atom stereocenters. The average molecular weight is 292 g/mol. The highest BCUT2D eigenvalue weighted by atomic mass is 35.5. The van der Waals surface area contributed by atoms with Gasteiger partial charge in [-0.3, -0.25) is 4.79 Å². The number of amides is 1. The number of benzene rings is 1. The molecular formula is C15H18ClN3O. The molecule has 0 bridgehead atoms. The van der Waals surface area contributed by atoms with Gasteiger partial charge in [0, 0.05) is 24.3 Å². The molecule has 1 aromatic carbocycles. The van der Waals surface area contributed by atoms with E-state index in [0.717, 1.165) is 0 Å². The molecule has 0 aliphatic rings. The Balaban J connectivity index is 2.69. The van der Waals surface area contributed by atoms with Crippen molar-refractivity contribution in [1.82, 2.24) is 5.32 Å². The van der Waals surface area contributed by atoms with Gasteiger partial charge < -0.3 is 10.6 Å². The number of alkyl halides is 1. The van der Waals surface area contributed by atoms with Gasteiger partial charge in [-0.2, -0.15) is 5.26 Å². The standard InChI is InChI=1S/C15H18ClN3O/c1-11(2)12-3-5-14(6-4-12)19-15(20)13(9-17)10-18-8-7-16/h3-6,10-11,18H,7-8H2,1-2H3,(H,19,20)/b13-10-. The first-order valence-electron chi connectivity index (χ1n) is 6.39. The molecule has 2 N–H and O–H groups in total. The fourth-order valence-electron chi connectivity index (χ4n) is 1.53. The largest absolute Gasteiger partial charge is 0.388 e. The van der Waals surface area contributed by atoms with Gasteiger partial charge in [0.2, 0.25) is 0 Å². The molecule has 0 radical (unpaired) electrons. The summed E-state index contributed by atoms with van der Waals surface area (Å²) >= 11 is 5.50. The van der Waals surface area contributed by atoms with Gasteiger partial charge >= 0.3 is 0 Å². The molecule has 0 unspecified atom stereocenters. The van der Waals surface area contributed by atoms with Gasteiger partial charge in [-0.15, -0.1) is 11.6 Å². The molecule has 1 aromatic rings. The summed E-state index contributed by atoms with van der Waals surface area (Å²) in [4.78, 5) is 11.9. The summed E-state index contributed by atoms with van der Waals surface area (Å²) in [6, 6.07) is 9.43. The number of carbonyl (C=O) groups is 1. The van der Waals surface area contributed by atoms with E-state index in [1.54, 1.807) is 0 Å². The molecular weight excluding hydrogens is 274 g/mol. The van der Waals surface area contributed by atoms with E-state index < -0.39 is 5.91 Å². The van der Waals surface area contributed by atoms with E-state index in [0.29, 0.717) is 24.0 Å². The second kappa shape index (κ2) is 8.23. The predicted octanol–water partition coefficient (Wildman–Crippen LogP) is 2.98. The number of hydrogen-bond acceptors (Lipinski definition) is 3. The van der Waals surface area contributed by atoms with Gasteiger partial charge in [-0.05, 0) is 23.6 Å². The Morgan fingerprint density at radius 3 is 2.55 bits per heavy atom. The van der Waals surface area contributed by atoms with Crippen molar-refractivity contribution in [2.45, 2.75) is 19.8 Å². The minimum atomic E-state index is -0.438. The Hall–Kier alpha value is -1.99. The van der Waals surface area contributed by atoms with Crippen molar-refractivity contribution in [3.05, 3.63) is 41.6 Å². The van der Waals surface area contributed by atoms with Crippen LogP contribution in [0.3, 0.4) is 0 Å². The van der Waals surface area contributed by atoms with Crippen molar-refractivity contribution in [2.24, 2.45) is 0 Å². The van der Waals surface area contributed by atoms with E-state index in [9.17, 15) is 4.79 Å². The molecule has 0 aromatic heterocycles. The van der Waals surface area contributed by atoms with Crippen LogP contribution in [0.15, 0.2) is 36.0 Å². The molecule has 0 heterocycles.